The number of ether oxygens (including phenoxy) is 2. The van der Waals surface area contributed by atoms with Crippen molar-refractivity contribution in [2.24, 2.45) is 5.73 Å². The molecule has 2 atom stereocenters. The lowest BCUT2D eigenvalue weighted by atomic mass is 9.99. The first-order valence-corrected chi connectivity index (χ1v) is 13.9. The average Bonchev–Trinajstić information content (AvgIpc) is 3.28. The van der Waals surface area contributed by atoms with Crippen molar-refractivity contribution in [3.63, 3.8) is 0 Å². The molecule has 40 heavy (non-hydrogen) atoms. The molecule has 0 aromatic heterocycles. The van der Waals surface area contributed by atoms with E-state index in [2.05, 4.69) is 0 Å². The minimum Gasteiger partial charge on any atom is -0.448 e. The molecule has 3 aliphatic rings. The molecule has 1 fully saturated rings. The van der Waals surface area contributed by atoms with Crippen LogP contribution in [0.2, 0.25) is 0 Å². The van der Waals surface area contributed by atoms with Gasteiger partial charge in [-0.2, -0.15) is 0 Å². The van der Waals surface area contributed by atoms with E-state index in [0.29, 0.717) is 28.2 Å². The molecule has 0 aliphatic carbocycles. The summed E-state index contributed by atoms with van der Waals surface area (Å²) in [5.41, 5.74) is 10.2. The highest BCUT2D eigenvalue weighted by molar-refractivity contribution is 8.00. The number of rotatable bonds is 6. The van der Waals surface area contributed by atoms with E-state index >= 15 is 0 Å². The zero-order valence-corrected chi connectivity index (χ0v) is 22.5. The van der Waals surface area contributed by atoms with Crippen molar-refractivity contribution in [3.05, 3.63) is 136 Å². The minimum atomic E-state index is -0.698. The van der Waals surface area contributed by atoms with Gasteiger partial charge in [0.15, 0.2) is 6.10 Å². The molecule has 3 aliphatic heterocycles. The molecule has 8 heteroatoms. The van der Waals surface area contributed by atoms with E-state index in [1.165, 1.54) is 16.7 Å². The van der Waals surface area contributed by atoms with Crippen molar-refractivity contribution in [2.75, 3.05) is 5.75 Å². The molecule has 200 valence electrons. The van der Waals surface area contributed by atoms with Gasteiger partial charge in [0.1, 0.15) is 22.9 Å². The number of hydrogen-bond acceptors (Lipinski definition) is 7. The van der Waals surface area contributed by atoms with Crippen LogP contribution < -0.4 is 5.73 Å². The van der Waals surface area contributed by atoms with Gasteiger partial charge >= 0.3 is 11.9 Å². The van der Waals surface area contributed by atoms with E-state index in [-0.39, 0.29) is 17.0 Å². The summed E-state index contributed by atoms with van der Waals surface area (Å²) < 4.78 is 11.8. The molecule has 6 rings (SSSR count). The lowest BCUT2D eigenvalue weighted by Gasteiger charge is -2.48. The third-order valence-corrected chi connectivity index (χ3v) is 8.50. The molecule has 3 aromatic carbocycles. The van der Waals surface area contributed by atoms with Crippen LogP contribution in [-0.4, -0.2) is 39.9 Å². The first-order chi connectivity index (χ1) is 19.4. The molecule has 0 bridgehead atoms. The van der Waals surface area contributed by atoms with E-state index in [0.717, 1.165) is 16.7 Å². The maximum Gasteiger partial charge on any atom is 0.356 e. The molecule has 1 saturated heterocycles. The van der Waals surface area contributed by atoms with Crippen LogP contribution in [0.3, 0.4) is 0 Å². The Morgan fingerprint density at radius 1 is 0.975 bits per heavy atom. The molecule has 3 aromatic rings. The Morgan fingerprint density at radius 3 is 2.15 bits per heavy atom. The van der Waals surface area contributed by atoms with Crippen molar-refractivity contribution in [1.29, 1.82) is 0 Å². The fraction of sp³-hybridized carbons (Fsp3) is 0.156. The van der Waals surface area contributed by atoms with Crippen LogP contribution in [-0.2, 0) is 23.9 Å². The van der Waals surface area contributed by atoms with E-state index in [1.54, 1.807) is 6.08 Å². The second-order valence-corrected chi connectivity index (χ2v) is 10.8. The minimum absolute atomic E-state index is 0.122. The highest BCUT2D eigenvalue weighted by atomic mass is 32.2. The quantitative estimate of drug-likeness (QED) is 0.350. The Balaban J connectivity index is 1.41. The van der Waals surface area contributed by atoms with Gasteiger partial charge in [-0.3, -0.25) is 9.69 Å². The highest BCUT2D eigenvalue weighted by Gasteiger charge is 2.52. The van der Waals surface area contributed by atoms with Gasteiger partial charge in [0, 0.05) is 11.3 Å². The number of nitrogens with zero attached hydrogens (tertiary/aromatic N) is 1. The maximum atomic E-state index is 13.9. The second kappa shape index (κ2) is 10.6. The predicted octanol–water partition coefficient (Wildman–Crippen LogP) is 4.73. The molecular formula is C32H26N2O5S. The lowest BCUT2D eigenvalue weighted by molar-refractivity contribution is -0.153. The fourth-order valence-electron chi connectivity index (χ4n) is 5.13. The Bertz CT molecular complexity index is 1540. The van der Waals surface area contributed by atoms with Gasteiger partial charge in [0.2, 0.25) is 5.91 Å². The Labute approximate surface area is 236 Å². The second-order valence-electron chi connectivity index (χ2n) is 9.68. The number of amides is 1. The number of β-lactam (4-membered cyclic amide) rings is 1. The van der Waals surface area contributed by atoms with Crippen molar-refractivity contribution in [2.45, 2.75) is 24.4 Å². The van der Waals surface area contributed by atoms with Crippen LogP contribution in [0.4, 0.5) is 0 Å². The molecule has 3 heterocycles. The van der Waals surface area contributed by atoms with Crippen LogP contribution in [0.25, 0.3) is 5.57 Å². The molecule has 0 unspecified atom stereocenters. The van der Waals surface area contributed by atoms with E-state index < -0.39 is 24.1 Å². The smallest absolute Gasteiger partial charge is 0.356 e. The number of cyclic esters (lactones) is 1. The summed E-state index contributed by atoms with van der Waals surface area (Å²) in [7, 11) is 0. The summed E-state index contributed by atoms with van der Waals surface area (Å²) in [5, 5.41) is -0.369. The Morgan fingerprint density at radius 2 is 1.55 bits per heavy atom. The van der Waals surface area contributed by atoms with Gasteiger partial charge in [-0.1, -0.05) is 91.0 Å². The standard InChI is InChI=1S/C32H26N2O5S/c1-19-24(38-31(36)25(19)20-11-5-2-6-12-20)17-23-18-40-30-26(33)29(35)34(30)27(23)32(37)39-28(21-13-7-3-8-14-21)22-15-9-4-10-16-22/h2-17,26,28,30H,18,33H2,1H3/b24-17+/t26-,30-/m1/s1. The van der Waals surface area contributed by atoms with Crippen LogP contribution in [0.1, 0.15) is 29.7 Å². The number of benzene rings is 3. The largest absolute Gasteiger partial charge is 0.448 e. The van der Waals surface area contributed by atoms with Gasteiger partial charge in [-0.15, -0.1) is 11.8 Å². The molecular weight excluding hydrogens is 524 g/mol. The summed E-state index contributed by atoms with van der Waals surface area (Å²) >= 11 is 1.46. The van der Waals surface area contributed by atoms with Gasteiger partial charge < -0.3 is 15.2 Å². The predicted molar refractivity (Wildman–Crippen MR) is 152 cm³/mol. The first-order valence-electron chi connectivity index (χ1n) is 12.9. The van der Waals surface area contributed by atoms with E-state index in [4.69, 9.17) is 15.2 Å². The molecule has 2 N–H and O–H groups in total. The maximum absolute atomic E-state index is 13.9. The average molecular weight is 551 g/mol. The van der Waals surface area contributed by atoms with Crippen molar-refractivity contribution >= 4 is 35.2 Å². The molecule has 1 amide bonds. The Hall–Kier alpha value is -4.40. The molecule has 0 spiro atoms. The SMILES string of the molecule is CC1=C(c2ccccc2)C(=O)O/C1=C/C1=C(C(=O)OC(c2ccccc2)c2ccccc2)N2C(=O)[C@@H](N)[C@H]2SC1. The lowest BCUT2D eigenvalue weighted by Crippen LogP contribution is -2.68. The molecule has 7 nitrogen and oxygen atoms in total. The van der Waals surface area contributed by atoms with Crippen LogP contribution in [0.15, 0.2) is 120 Å². The van der Waals surface area contributed by atoms with Crippen molar-refractivity contribution < 1.29 is 23.9 Å². The molecule has 0 saturated carbocycles. The summed E-state index contributed by atoms with van der Waals surface area (Å²) in [6.07, 6.45) is 0.977. The number of esters is 2. The van der Waals surface area contributed by atoms with Crippen LogP contribution >= 0.6 is 11.8 Å². The van der Waals surface area contributed by atoms with Gasteiger partial charge in [0.05, 0.1) is 5.57 Å². The van der Waals surface area contributed by atoms with E-state index in [9.17, 15) is 14.4 Å². The Kier molecular flexibility index (Phi) is 6.88. The third kappa shape index (κ3) is 4.55. The summed E-state index contributed by atoms with van der Waals surface area (Å²) in [6, 6.07) is 27.5. The zero-order chi connectivity index (χ0) is 27.8. The zero-order valence-electron chi connectivity index (χ0n) is 21.7. The normalized spacial score (nSPS) is 21.5. The van der Waals surface area contributed by atoms with Crippen LogP contribution in [0.5, 0.6) is 0 Å². The number of allylic oxidation sites excluding steroid dienone is 2. The summed E-state index contributed by atoms with van der Waals surface area (Å²) in [5.74, 6) is -0.733. The first kappa shape index (κ1) is 25.9. The van der Waals surface area contributed by atoms with Gasteiger partial charge in [-0.05, 0) is 35.3 Å². The van der Waals surface area contributed by atoms with Crippen LogP contribution in [0, 0.1) is 0 Å². The highest BCUT2D eigenvalue weighted by Crippen LogP contribution is 2.42. The van der Waals surface area contributed by atoms with Crippen molar-refractivity contribution in [3.8, 4) is 0 Å². The number of carbonyl (C=O) groups is 3. The monoisotopic (exact) mass is 550 g/mol. The number of nitrogens with two attached hydrogens (primary N) is 1. The summed E-state index contributed by atoms with van der Waals surface area (Å²) in [6.45, 7) is 1.81. The van der Waals surface area contributed by atoms with Gasteiger partial charge in [0.25, 0.3) is 0 Å². The molecule has 0 radical (unpaired) electrons. The third-order valence-electron chi connectivity index (χ3n) is 7.18. The summed E-state index contributed by atoms with van der Waals surface area (Å²) in [4.78, 5) is 41.1. The topological polar surface area (TPSA) is 98.9 Å². The number of carbonyl (C=O) groups excluding carboxylic acids is 3. The number of fused-ring (bicyclic) bond motifs is 1. The van der Waals surface area contributed by atoms with E-state index in [1.807, 2.05) is 97.9 Å². The van der Waals surface area contributed by atoms with Gasteiger partial charge in [-0.25, -0.2) is 9.59 Å². The number of thioether (sulfide) groups is 1. The fourth-order valence-corrected chi connectivity index (χ4v) is 6.38. The number of hydrogen-bond donors (Lipinski definition) is 1. The van der Waals surface area contributed by atoms with Crippen molar-refractivity contribution in [1.82, 2.24) is 4.90 Å².